The fraction of sp³-hybridized carbons (Fsp3) is 0.226. The first-order chi connectivity index (χ1) is 20.2. The van der Waals surface area contributed by atoms with Gasteiger partial charge in [-0.05, 0) is 86.2 Å². The van der Waals surface area contributed by atoms with Crippen molar-refractivity contribution in [2.45, 2.75) is 25.9 Å². The average Bonchev–Trinajstić information content (AvgIpc) is 3.48. The summed E-state index contributed by atoms with van der Waals surface area (Å²) in [7, 11) is 2.82. The molecule has 1 saturated heterocycles. The molecule has 0 saturated carbocycles. The second kappa shape index (κ2) is 12.3. The van der Waals surface area contributed by atoms with E-state index < -0.39 is 5.97 Å². The first-order valence-corrected chi connectivity index (χ1v) is 14.0. The fourth-order valence-corrected chi connectivity index (χ4v) is 5.96. The second-order valence-electron chi connectivity index (χ2n) is 9.85. The summed E-state index contributed by atoms with van der Waals surface area (Å²) in [5.41, 5.74) is 6.35. The van der Waals surface area contributed by atoms with E-state index in [0.29, 0.717) is 21.4 Å². The maximum Gasteiger partial charge on any atom is 0.337 e. The molecule has 2 N–H and O–H groups in total. The minimum Gasteiger partial charge on any atom is -0.465 e. The second-order valence-corrected chi connectivity index (χ2v) is 10.6. The minimum atomic E-state index is -0.398. The molecule has 2 aromatic carbocycles. The molecule has 1 aliphatic rings. The number of anilines is 2. The normalized spacial score (nSPS) is 16.3. The molecule has 1 amide bonds. The van der Waals surface area contributed by atoms with Crippen molar-refractivity contribution in [3.05, 3.63) is 106 Å². The number of rotatable bonds is 8. The smallest absolute Gasteiger partial charge is 0.337 e. The number of halogens is 1. The molecular weight excluding hydrogens is 574 g/mol. The Bertz CT molecular complexity index is 1660. The summed E-state index contributed by atoms with van der Waals surface area (Å²) < 4.78 is 12.0. The first-order valence-electron chi connectivity index (χ1n) is 13.2. The number of aryl methyl sites for hydroxylation is 1. The monoisotopic (exact) mass is 603 g/mol. The molecule has 11 heteroatoms. The summed E-state index contributed by atoms with van der Waals surface area (Å²) in [5.74, 6) is -0.702. The maximum atomic E-state index is 12.3. The molecule has 3 heterocycles. The maximum absolute atomic E-state index is 12.3. The zero-order chi connectivity index (χ0) is 30.0. The van der Waals surface area contributed by atoms with Crippen molar-refractivity contribution >= 4 is 52.2 Å². The highest BCUT2D eigenvalue weighted by molar-refractivity contribution is 7.80. The lowest BCUT2D eigenvalue weighted by atomic mass is 9.96. The van der Waals surface area contributed by atoms with Crippen LogP contribution in [0, 0.1) is 13.8 Å². The van der Waals surface area contributed by atoms with E-state index in [0.717, 1.165) is 34.0 Å². The molecule has 0 aliphatic carbocycles. The highest BCUT2D eigenvalue weighted by Crippen LogP contribution is 2.44. The highest BCUT2D eigenvalue weighted by atomic mass is 35.5. The molecule has 1 fully saturated rings. The van der Waals surface area contributed by atoms with E-state index >= 15 is 0 Å². The highest BCUT2D eigenvalue weighted by Gasteiger charge is 2.42. The van der Waals surface area contributed by atoms with Crippen LogP contribution in [0.1, 0.15) is 45.1 Å². The van der Waals surface area contributed by atoms with Crippen LogP contribution >= 0.6 is 23.8 Å². The van der Waals surface area contributed by atoms with Gasteiger partial charge in [-0.3, -0.25) is 9.78 Å². The van der Waals surface area contributed by atoms with Gasteiger partial charge in [0.1, 0.15) is 6.61 Å². The zero-order valence-electron chi connectivity index (χ0n) is 23.6. The number of nitrogens with zero attached hydrogens (tertiary/aromatic N) is 3. The number of hydrogen-bond acceptors (Lipinski definition) is 6. The predicted octanol–water partition coefficient (Wildman–Crippen LogP) is 5.69. The molecule has 1 aliphatic heterocycles. The number of esters is 1. The quantitative estimate of drug-likeness (QED) is 0.196. The molecule has 9 nitrogen and oxygen atoms in total. The molecule has 2 atom stereocenters. The Morgan fingerprint density at radius 2 is 1.86 bits per heavy atom. The minimum absolute atomic E-state index is 0.0792. The Morgan fingerprint density at radius 1 is 1.05 bits per heavy atom. The number of pyridine rings is 1. The van der Waals surface area contributed by atoms with Crippen molar-refractivity contribution in [1.82, 2.24) is 14.9 Å². The van der Waals surface area contributed by atoms with Gasteiger partial charge in [0.2, 0.25) is 5.91 Å². The number of ether oxygens (including phenoxy) is 2. The summed E-state index contributed by atoms with van der Waals surface area (Å²) in [6.07, 6.45) is 1.76. The van der Waals surface area contributed by atoms with Gasteiger partial charge in [-0.25, -0.2) is 4.79 Å². The number of amides is 1. The summed E-state index contributed by atoms with van der Waals surface area (Å²) in [5, 5.41) is 7.12. The molecule has 2 aromatic heterocycles. The third-order valence-corrected chi connectivity index (χ3v) is 7.82. The van der Waals surface area contributed by atoms with E-state index in [-0.39, 0.29) is 24.6 Å². The summed E-state index contributed by atoms with van der Waals surface area (Å²) in [4.78, 5) is 31.0. The summed E-state index contributed by atoms with van der Waals surface area (Å²) >= 11 is 12.5. The van der Waals surface area contributed by atoms with Gasteiger partial charge in [0.25, 0.3) is 0 Å². The van der Waals surface area contributed by atoms with Gasteiger partial charge in [0.15, 0.2) is 5.11 Å². The molecule has 0 unspecified atom stereocenters. The summed E-state index contributed by atoms with van der Waals surface area (Å²) in [6, 6.07) is 20.1. The summed E-state index contributed by atoms with van der Waals surface area (Å²) in [6.45, 7) is 3.99. The van der Waals surface area contributed by atoms with Crippen LogP contribution in [0.5, 0.6) is 0 Å². The SMILES string of the molecule is COCC(=O)Nc1ccc(N2C(=S)N[C@H](c3ccccn3)[C@H]2c2cc(C)n(-c3cccc(C(=O)OC)c3)c2C)cc1Cl. The fourth-order valence-electron chi connectivity index (χ4n) is 5.40. The zero-order valence-corrected chi connectivity index (χ0v) is 25.1. The number of thiocarbonyl (C=S) groups is 1. The molecule has 5 rings (SSSR count). The van der Waals surface area contributed by atoms with Gasteiger partial charge < -0.3 is 29.6 Å². The molecule has 0 spiro atoms. The topological polar surface area (TPSA) is 97.7 Å². The largest absolute Gasteiger partial charge is 0.465 e. The third-order valence-electron chi connectivity index (χ3n) is 7.19. The van der Waals surface area contributed by atoms with Crippen LogP contribution in [0.2, 0.25) is 5.02 Å². The number of aromatic nitrogens is 2. The van der Waals surface area contributed by atoms with Crippen LogP contribution in [0.4, 0.5) is 11.4 Å². The van der Waals surface area contributed by atoms with Gasteiger partial charge >= 0.3 is 5.97 Å². The Kier molecular flexibility index (Phi) is 8.58. The van der Waals surface area contributed by atoms with Crippen molar-refractivity contribution in [3.63, 3.8) is 0 Å². The molecule has 216 valence electrons. The van der Waals surface area contributed by atoms with Gasteiger partial charge in [-0.2, -0.15) is 0 Å². The predicted molar refractivity (Wildman–Crippen MR) is 166 cm³/mol. The van der Waals surface area contributed by atoms with Crippen molar-refractivity contribution in [3.8, 4) is 5.69 Å². The Labute approximate surface area is 254 Å². The van der Waals surface area contributed by atoms with Crippen molar-refractivity contribution in [2.24, 2.45) is 0 Å². The van der Waals surface area contributed by atoms with E-state index in [9.17, 15) is 9.59 Å². The van der Waals surface area contributed by atoms with E-state index in [1.54, 1.807) is 24.4 Å². The lowest BCUT2D eigenvalue weighted by molar-refractivity contribution is -0.119. The first kappa shape index (κ1) is 29.2. The number of nitrogens with one attached hydrogen (secondary N) is 2. The van der Waals surface area contributed by atoms with Crippen molar-refractivity contribution < 1.29 is 19.1 Å². The van der Waals surface area contributed by atoms with Crippen LogP contribution in [0.15, 0.2) is 72.9 Å². The van der Waals surface area contributed by atoms with Crippen LogP contribution < -0.4 is 15.5 Å². The molecular formula is C31H30ClN5O4S. The van der Waals surface area contributed by atoms with Crippen LogP contribution in [-0.4, -0.2) is 47.4 Å². The van der Waals surface area contributed by atoms with Gasteiger partial charge in [-0.1, -0.05) is 23.7 Å². The Hall–Kier alpha value is -4.25. The Morgan fingerprint density at radius 3 is 2.55 bits per heavy atom. The number of methoxy groups -OCH3 is 2. The Balaban J connectivity index is 1.61. The number of hydrogen-bond donors (Lipinski definition) is 2. The lowest BCUT2D eigenvalue weighted by Crippen LogP contribution is -2.29. The number of benzene rings is 2. The standard InChI is InChI=1S/C31H30ClN5O4S/c1-18-14-23(19(2)36(18)21-9-7-8-20(15-21)30(39)41-4)29-28(26-10-5-6-13-33-26)35-31(42)37(29)22-11-12-25(24(32)16-22)34-27(38)17-40-3/h5-16,28-29H,17H2,1-4H3,(H,34,38)(H,35,42)/t28-,29-/m1/s1. The van der Waals surface area contributed by atoms with Gasteiger partial charge in [0, 0.05) is 36.1 Å². The van der Waals surface area contributed by atoms with E-state index in [1.807, 2.05) is 61.2 Å². The van der Waals surface area contributed by atoms with E-state index in [2.05, 4.69) is 26.3 Å². The van der Waals surface area contributed by atoms with Crippen LogP contribution in [0.3, 0.4) is 0 Å². The van der Waals surface area contributed by atoms with Crippen molar-refractivity contribution in [1.29, 1.82) is 0 Å². The number of carbonyl (C=O) groups is 2. The molecule has 4 aromatic rings. The average molecular weight is 604 g/mol. The lowest BCUT2D eigenvalue weighted by Gasteiger charge is -2.28. The van der Waals surface area contributed by atoms with Crippen LogP contribution in [-0.2, 0) is 14.3 Å². The van der Waals surface area contributed by atoms with Crippen molar-refractivity contribution in [2.75, 3.05) is 31.0 Å². The van der Waals surface area contributed by atoms with Crippen LogP contribution in [0.25, 0.3) is 5.69 Å². The van der Waals surface area contributed by atoms with E-state index in [4.69, 9.17) is 33.3 Å². The molecule has 42 heavy (non-hydrogen) atoms. The van der Waals surface area contributed by atoms with Gasteiger partial charge in [-0.15, -0.1) is 0 Å². The van der Waals surface area contributed by atoms with Gasteiger partial charge in [0.05, 0.1) is 41.2 Å². The molecule has 0 radical (unpaired) electrons. The molecule has 0 bridgehead atoms. The van der Waals surface area contributed by atoms with E-state index in [1.165, 1.54) is 14.2 Å². The third kappa shape index (κ3) is 5.61. The number of carbonyl (C=O) groups excluding carboxylic acids is 2.